The van der Waals surface area contributed by atoms with E-state index in [0.717, 1.165) is 38.0 Å². The molecule has 0 aromatic rings. The van der Waals surface area contributed by atoms with Crippen molar-refractivity contribution < 1.29 is 4.39 Å². The average Bonchev–Trinajstić information content (AvgIpc) is 2.79. The molecule has 0 aromatic heterocycles. The molecule has 0 aliphatic carbocycles. The van der Waals surface area contributed by atoms with Gasteiger partial charge in [-0.15, -0.1) is 0 Å². The lowest BCUT2D eigenvalue weighted by molar-refractivity contribution is 0.330. The third-order valence-corrected chi connectivity index (χ3v) is 4.10. The summed E-state index contributed by atoms with van der Waals surface area (Å²) in [5, 5.41) is 0. The van der Waals surface area contributed by atoms with Crippen LogP contribution in [0.1, 0.15) is 26.7 Å². The molecular formula is C22H30FN. The van der Waals surface area contributed by atoms with Crippen LogP contribution in [0, 0.1) is 0 Å². The first-order chi connectivity index (χ1) is 11.6. The first-order valence-electron chi connectivity index (χ1n) is 8.56. The quantitative estimate of drug-likeness (QED) is 0.540. The van der Waals surface area contributed by atoms with Gasteiger partial charge in [0.05, 0.1) is 0 Å². The van der Waals surface area contributed by atoms with Crippen molar-refractivity contribution in [3.05, 3.63) is 84.1 Å². The molecule has 1 saturated heterocycles. The minimum Gasteiger partial charge on any atom is -0.295 e. The van der Waals surface area contributed by atoms with E-state index in [1.54, 1.807) is 12.2 Å². The normalized spacial score (nSPS) is 21.5. The van der Waals surface area contributed by atoms with Crippen molar-refractivity contribution in [2.45, 2.75) is 26.7 Å². The molecular weight excluding hydrogens is 297 g/mol. The van der Waals surface area contributed by atoms with Crippen LogP contribution in [-0.2, 0) is 0 Å². The summed E-state index contributed by atoms with van der Waals surface area (Å²) in [6.45, 7) is 14.1. The highest BCUT2D eigenvalue weighted by atomic mass is 19.1. The molecule has 1 heterocycles. The molecule has 1 rings (SSSR count). The summed E-state index contributed by atoms with van der Waals surface area (Å²) >= 11 is 0. The third kappa shape index (κ3) is 7.10. The summed E-state index contributed by atoms with van der Waals surface area (Å²) in [4.78, 5) is 2.41. The maximum absolute atomic E-state index is 12.4. The molecule has 0 N–H and O–H groups in total. The Labute approximate surface area is 146 Å². The van der Waals surface area contributed by atoms with Crippen molar-refractivity contribution in [2.75, 3.05) is 26.3 Å². The van der Waals surface area contributed by atoms with Crippen LogP contribution < -0.4 is 0 Å². The van der Waals surface area contributed by atoms with Crippen LogP contribution in [0.5, 0.6) is 0 Å². The Morgan fingerprint density at radius 3 is 2.67 bits per heavy atom. The second-order valence-corrected chi connectivity index (χ2v) is 5.97. The van der Waals surface area contributed by atoms with E-state index >= 15 is 0 Å². The minimum atomic E-state index is -0.434. The molecule has 1 nitrogen and oxygen atoms in total. The van der Waals surface area contributed by atoms with Crippen LogP contribution in [0.3, 0.4) is 0 Å². The second kappa shape index (κ2) is 11.6. The Bertz CT molecular complexity index is 573. The van der Waals surface area contributed by atoms with Crippen LogP contribution in [-0.4, -0.2) is 31.2 Å². The second-order valence-electron chi connectivity index (χ2n) is 5.97. The zero-order valence-corrected chi connectivity index (χ0v) is 15.1. The first kappa shape index (κ1) is 20.1. The van der Waals surface area contributed by atoms with Crippen molar-refractivity contribution in [2.24, 2.45) is 0 Å². The Kier molecular flexibility index (Phi) is 9.71. The topological polar surface area (TPSA) is 3.24 Å². The van der Waals surface area contributed by atoms with E-state index in [-0.39, 0.29) is 0 Å². The Morgan fingerprint density at radius 1 is 1.25 bits per heavy atom. The number of nitrogens with zero attached hydrogens (tertiary/aromatic N) is 1. The predicted octanol–water partition coefficient (Wildman–Crippen LogP) is 5.73. The van der Waals surface area contributed by atoms with Crippen LogP contribution >= 0.6 is 0 Å². The van der Waals surface area contributed by atoms with E-state index in [1.165, 1.54) is 16.7 Å². The number of alkyl halides is 1. The molecule has 0 bridgehead atoms. The highest BCUT2D eigenvalue weighted by molar-refractivity contribution is 5.37. The van der Waals surface area contributed by atoms with Crippen LogP contribution in [0.4, 0.5) is 4.39 Å². The highest BCUT2D eigenvalue weighted by Gasteiger charge is 2.16. The Balaban J connectivity index is 2.89. The number of likely N-dealkylation sites (tertiary alicyclic amines) is 1. The minimum absolute atomic E-state index is 0.434. The van der Waals surface area contributed by atoms with Gasteiger partial charge in [-0.3, -0.25) is 4.90 Å². The fraction of sp³-hybridized carbons (Fsp3) is 0.364. The van der Waals surface area contributed by atoms with Crippen molar-refractivity contribution >= 4 is 0 Å². The van der Waals surface area contributed by atoms with E-state index in [4.69, 9.17) is 0 Å². The highest BCUT2D eigenvalue weighted by Crippen LogP contribution is 2.23. The molecule has 0 aromatic carbocycles. The molecule has 0 atom stereocenters. The first-order valence-corrected chi connectivity index (χ1v) is 8.56. The molecule has 0 saturated carbocycles. The van der Waals surface area contributed by atoms with Gasteiger partial charge in [-0.25, -0.2) is 4.39 Å². The lowest BCUT2D eigenvalue weighted by Crippen LogP contribution is -2.27. The van der Waals surface area contributed by atoms with E-state index < -0.39 is 6.67 Å². The van der Waals surface area contributed by atoms with Crippen molar-refractivity contribution in [1.82, 2.24) is 4.90 Å². The summed E-state index contributed by atoms with van der Waals surface area (Å²) in [5.74, 6) is 0. The van der Waals surface area contributed by atoms with Gasteiger partial charge in [0.25, 0.3) is 0 Å². The molecule has 1 aliphatic heterocycles. The van der Waals surface area contributed by atoms with Gasteiger partial charge in [0, 0.05) is 13.1 Å². The molecule has 0 spiro atoms. The molecule has 0 unspecified atom stereocenters. The van der Waals surface area contributed by atoms with Gasteiger partial charge in [0.2, 0.25) is 0 Å². The number of hydrogen-bond donors (Lipinski definition) is 0. The molecule has 2 heteroatoms. The lowest BCUT2D eigenvalue weighted by Gasteiger charge is -2.21. The summed E-state index contributed by atoms with van der Waals surface area (Å²) in [6, 6.07) is 0. The summed E-state index contributed by atoms with van der Waals surface area (Å²) in [5.41, 5.74) is 5.03. The van der Waals surface area contributed by atoms with Crippen LogP contribution in [0.2, 0.25) is 0 Å². The van der Waals surface area contributed by atoms with Crippen molar-refractivity contribution in [3.63, 3.8) is 0 Å². The maximum Gasteiger partial charge on any atom is 0.108 e. The number of hydrogen-bond acceptors (Lipinski definition) is 1. The van der Waals surface area contributed by atoms with Gasteiger partial charge in [-0.05, 0) is 50.0 Å². The van der Waals surface area contributed by atoms with Gasteiger partial charge in [0.1, 0.15) is 6.67 Å². The van der Waals surface area contributed by atoms with Gasteiger partial charge in [-0.2, -0.15) is 0 Å². The number of halogens is 1. The van der Waals surface area contributed by atoms with Crippen molar-refractivity contribution in [3.8, 4) is 0 Å². The third-order valence-electron chi connectivity index (χ3n) is 4.10. The average molecular weight is 327 g/mol. The molecule has 0 amide bonds. The van der Waals surface area contributed by atoms with Gasteiger partial charge >= 0.3 is 0 Å². The smallest absolute Gasteiger partial charge is 0.108 e. The van der Waals surface area contributed by atoms with Gasteiger partial charge in [0.15, 0.2) is 0 Å². The van der Waals surface area contributed by atoms with Crippen molar-refractivity contribution in [1.29, 1.82) is 0 Å². The lowest BCUT2D eigenvalue weighted by atomic mass is 10.0. The molecule has 1 fully saturated rings. The number of allylic oxidation sites excluding steroid dienone is 8. The molecule has 1 aliphatic rings. The zero-order chi connectivity index (χ0) is 17.8. The molecule has 130 valence electrons. The van der Waals surface area contributed by atoms with E-state index in [1.807, 2.05) is 18.2 Å². The fourth-order valence-electron chi connectivity index (χ4n) is 2.74. The Hall–Kier alpha value is -1.93. The Morgan fingerprint density at radius 2 is 2.04 bits per heavy atom. The zero-order valence-electron chi connectivity index (χ0n) is 15.1. The number of rotatable bonds is 7. The van der Waals surface area contributed by atoms with E-state index in [0.29, 0.717) is 0 Å². The summed E-state index contributed by atoms with van der Waals surface area (Å²) in [6.07, 6.45) is 17.8. The van der Waals surface area contributed by atoms with Gasteiger partial charge < -0.3 is 0 Å². The van der Waals surface area contributed by atoms with Crippen LogP contribution in [0.25, 0.3) is 0 Å². The van der Waals surface area contributed by atoms with E-state index in [2.05, 4.69) is 50.1 Å². The SMILES string of the molecule is C=C/C=C(\C=C/CF)CN1CCCC(=C/C=C(\C)C=C)/C(=C\C)C1. The monoisotopic (exact) mass is 327 g/mol. The summed E-state index contributed by atoms with van der Waals surface area (Å²) < 4.78 is 12.4. The maximum atomic E-state index is 12.4. The summed E-state index contributed by atoms with van der Waals surface area (Å²) in [7, 11) is 0. The molecule has 24 heavy (non-hydrogen) atoms. The van der Waals surface area contributed by atoms with Gasteiger partial charge in [-0.1, -0.05) is 67.3 Å². The predicted molar refractivity (Wildman–Crippen MR) is 105 cm³/mol. The standard InChI is InChI=1S/C22H30FN/c1-5-10-20(11-8-15-23)17-24-16-9-12-22(21(7-3)18-24)14-13-19(4)6-2/h5-8,10-11,13-14H,1-2,9,12,15-18H2,3-4H3/b11-8-,19-13+,20-10+,21-7-,22-14-. The molecule has 0 radical (unpaired) electrons. The van der Waals surface area contributed by atoms with Crippen LogP contribution in [0.15, 0.2) is 84.1 Å². The fourth-order valence-corrected chi connectivity index (χ4v) is 2.74. The van der Waals surface area contributed by atoms with E-state index in [9.17, 15) is 4.39 Å². The largest absolute Gasteiger partial charge is 0.295 e.